The highest BCUT2D eigenvalue weighted by molar-refractivity contribution is 6.31. The Morgan fingerprint density at radius 3 is 2.52 bits per heavy atom. The first-order valence-electron chi connectivity index (χ1n) is 13.9. The van der Waals surface area contributed by atoms with Gasteiger partial charge in [0.05, 0.1) is 23.9 Å². The molecule has 1 aliphatic carbocycles. The largest absolute Gasteiger partial charge is 0.507 e. The normalized spacial score (nSPS) is 18.4. The number of phenolic OH excluding ortho intramolecular Hbond substituents is 2. The van der Waals surface area contributed by atoms with Gasteiger partial charge in [-0.05, 0) is 38.5 Å². The Morgan fingerprint density at radius 2 is 1.77 bits per heavy atom. The average molecular weight is 593 g/mol. The maximum Gasteiger partial charge on any atom is 0.194 e. The number of nitrogens with zero attached hydrogens (tertiary/aromatic N) is 3. The molecule has 222 valence electrons. The van der Waals surface area contributed by atoms with Crippen LogP contribution >= 0.6 is 0 Å². The van der Waals surface area contributed by atoms with Crippen molar-refractivity contribution in [1.82, 2.24) is 20.3 Å². The molecule has 11 nitrogen and oxygen atoms in total. The molecule has 2 heterocycles. The molecular weight excluding hydrogens is 564 g/mol. The number of allylic oxidation sites excluding steroid dienone is 4. The summed E-state index contributed by atoms with van der Waals surface area (Å²) in [5, 5.41) is 34.5. The molecule has 0 saturated heterocycles. The number of nitrogens with one attached hydrogen (secondary N) is 1. The molecule has 11 heteroatoms. The second-order valence-electron chi connectivity index (χ2n) is 11.1. The number of aromatic nitrogens is 3. The number of ether oxygens (including phenoxy) is 1. The smallest absolute Gasteiger partial charge is 0.194 e. The molecule has 3 aromatic carbocycles. The van der Waals surface area contributed by atoms with Gasteiger partial charge in [-0.1, -0.05) is 47.7 Å². The molecule has 4 aromatic rings. The number of benzene rings is 3. The highest BCUT2D eigenvalue weighted by atomic mass is 16.5. The maximum atomic E-state index is 14.0. The zero-order valence-corrected chi connectivity index (χ0v) is 24.4. The minimum Gasteiger partial charge on any atom is -0.507 e. The zero-order valence-electron chi connectivity index (χ0n) is 24.4. The minimum absolute atomic E-state index is 0.0193. The van der Waals surface area contributed by atoms with Gasteiger partial charge in [-0.3, -0.25) is 19.2 Å². The fraction of sp³-hybridized carbons (Fsp3) is 0.212. The van der Waals surface area contributed by atoms with E-state index in [0.717, 1.165) is 16.8 Å². The first-order chi connectivity index (χ1) is 20.9. The van der Waals surface area contributed by atoms with Crippen LogP contribution in [0.1, 0.15) is 58.3 Å². The molecule has 0 radical (unpaired) electrons. The molecular formula is C33H28N4O7. The van der Waals surface area contributed by atoms with Gasteiger partial charge in [-0.25, -0.2) is 4.68 Å². The SMILES string of the molecule is CC(=O)c1c(O)c(C)c(O)c2c1OC1=CC(=O)/C(=C(/C)NCc3cn(CC(=O)c4cccc5ccccc45)nn3)C(=O)C12C. The van der Waals surface area contributed by atoms with E-state index in [-0.39, 0.29) is 58.3 Å². The summed E-state index contributed by atoms with van der Waals surface area (Å²) < 4.78 is 7.23. The van der Waals surface area contributed by atoms with Crippen LogP contribution in [0.4, 0.5) is 0 Å². The summed E-state index contributed by atoms with van der Waals surface area (Å²) in [5.74, 6) is -2.93. The lowest BCUT2D eigenvalue weighted by Crippen LogP contribution is -2.41. The van der Waals surface area contributed by atoms with Crippen LogP contribution in [0.2, 0.25) is 0 Å². The molecule has 0 amide bonds. The Bertz CT molecular complexity index is 2010. The van der Waals surface area contributed by atoms with Crippen LogP contribution in [0.25, 0.3) is 10.8 Å². The Balaban J connectivity index is 1.24. The number of hydrogen-bond donors (Lipinski definition) is 3. The standard InChI is InChI=1S/C33H28N4O7/c1-16-29(41)27(18(3)38)31-28(30(16)42)33(4)25(44-31)12-23(39)26(32(33)43)17(2)34-13-20-14-37(36-35-20)15-24(40)22-11-7-9-19-8-5-6-10-21(19)22/h5-12,14,34,41-42H,13,15H2,1-4H3/b26-17+. The van der Waals surface area contributed by atoms with Crippen LogP contribution in [-0.2, 0) is 28.1 Å². The van der Waals surface area contributed by atoms with Crippen LogP contribution in [0.5, 0.6) is 17.2 Å². The fourth-order valence-electron chi connectivity index (χ4n) is 5.87. The predicted octanol–water partition coefficient (Wildman–Crippen LogP) is 3.99. The van der Waals surface area contributed by atoms with E-state index in [1.165, 1.54) is 25.5 Å². The number of phenols is 2. The van der Waals surface area contributed by atoms with Crippen molar-refractivity contribution in [3.63, 3.8) is 0 Å². The minimum atomic E-state index is -1.61. The van der Waals surface area contributed by atoms with Crippen molar-refractivity contribution < 1.29 is 34.1 Å². The highest BCUT2D eigenvalue weighted by Crippen LogP contribution is 2.57. The summed E-state index contributed by atoms with van der Waals surface area (Å²) in [5.41, 5.74) is -0.586. The van der Waals surface area contributed by atoms with E-state index in [0.29, 0.717) is 11.3 Å². The first kappa shape index (κ1) is 28.5. The Labute approximate surface area is 251 Å². The quantitative estimate of drug-likeness (QED) is 0.163. The Hall–Kier alpha value is -5.58. The van der Waals surface area contributed by atoms with Crippen molar-refractivity contribution in [2.45, 2.75) is 46.2 Å². The van der Waals surface area contributed by atoms with Gasteiger partial charge in [0.2, 0.25) is 0 Å². The highest BCUT2D eigenvalue weighted by Gasteiger charge is 2.56. The summed E-state index contributed by atoms with van der Waals surface area (Å²) in [6, 6.07) is 13.2. The third kappa shape index (κ3) is 4.27. The number of aromatic hydroxyl groups is 2. The number of rotatable bonds is 7. The monoisotopic (exact) mass is 592 g/mol. The molecule has 0 fully saturated rings. The summed E-state index contributed by atoms with van der Waals surface area (Å²) in [7, 11) is 0. The van der Waals surface area contributed by atoms with Gasteiger partial charge in [0.1, 0.15) is 46.2 Å². The molecule has 1 atom stereocenters. The van der Waals surface area contributed by atoms with Gasteiger partial charge in [0.15, 0.2) is 23.1 Å². The molecule has 0 saturated carbocycles. The lowest BCUT2D eigenvalue weighted by atomic mass is 9.70. The Morgan fingerprint density at radius 1 is 1.05 bits per heavy atom. The molecule has 6 rings (SSSR count). The van der Waals surface area contributed by atoms with E-state index < -0.39 is 34.3 Å². The Kier molecular flexibility index (Phi) is 6.68. The van der Waals surface area contributed by atoms with E-state index in [1.54, 1.807) is 19.2 Å². The second kappa shape index (κ2) is 10.3. The summed E-state index contributed by atoms with van der Waals surface area (Å²) in [4.78, 5) is 52.6. The maximum absolute atomic E-state index is 14.0. The van der Waals surface area contributed by atoms with Crippen molar-refractivity contribution in [3.05, 3.63) is 99.7 Å². The third-order valence-electron chi connectivity index (χ3n) is 8.28. The number of hydrogen-bond acceptors (Lipinski definition) is 10. The molecule has 1 unspecified atom stereocenters. The zero-order chi connectivity index (χ0) is 31.5. The van der Waals surface area contributed by atoms with Gasteiger partial charge >= 0.3 is 0 Å². The number of Topliss-reactive ketones (excluding diaryl/α,β-unsaturated/α-hetero) is 3. The second-order valence-corrected chi connectivity index (χ2v) is 11.1. The number of carbonyl (C=O) groups excluding carboxylic acids is 4. The van der Waals surface area contributed by atoms with Crippen molar-refractivity contribution >= 4 is 33.9 Å². The molecule has 1 aromatic heterocycles. The molecule has 3 N–H and O–H groups in total. The van der Waals surface area contributed by atoms with E-state index >= 15 is 0 Å². The van der Waals surface area contributed by atoms with E-state index in [4.69, 9.17) is 4.74 Å². The average Bonchev–Trinajstić information content (AvgIpc) is 3.56. The van der Waals surface area contributed by atoms with Gasteiger partial charge < -0.3 is 20.3 Å². The van der Waals surface area contributed by atoms with Crippen molar-refractivity contribution in [2.24, 2.45) is 0 Å². The van der Waals surface area contributed by atoms with Gasteiger partial charge in [-0.15, -0.1) is 5.10 Å². The van der Waals surface area contributed by atoms with Crippen molar-refractivity contribution in [2.75, 3.05) is 0 Å². The number of fused-ring (bicyclic) bond motifs is 4. The summed E-state index contributed by atoms with van der Waals surface area (Å²) in [6.07, 6.45) is 2.77. The van der Waals surface area contributed by atoms with Crippen LogP contribution in [-0.4, -0.2) is 48.3 Å². The van der Waals surface area contributed by atoms with E-state index in [9.17, 15) is 29.4 Å². The fourth-order valence-corrected chi connectivity index (χ4v) is 5.87. The number of ketones is 4. The lowest BCUT2D eigenvalue weighted by molar-refractivity contribution is -0.123. The first-order valence-corrected chi connectivity index (χ1v) is 13.9. The van der Waals surface area contributed by atoms with Crippen molar-refractivity contribution in [3.8, 4) is 17.2 Å². The molecule has 0 bridgehead atoms. The van der Waals surface area contributed by atoms with Crippen LogP contribution < -0.4 is 10.1 Å². The van der Waals surface area contributed by atoms with Crippen LogP contribution in [0.15, 0.2) is 71.8 Å². The molecule has 44 heavy (non-hydrogen) atoms. The molecule has 2 aliphatic rings. The van der Waals surface area contributed by atoms with Gasteiger partial charge in [0, 0.05) is 22.9 Å². The number of carbonyl (C=O) groups is 4. The molecule has 0 spiro atoms. The van der Waals surface area contributed by atoms with Crippen LogP contribution in [0.3, 0.4) is 0 Å². The third-order valence-corrected chi connectivity index (χ3v) is 8.28. The van der Waals surface area contributed by atoms with Crippen LogP contribution in [0, 0.1) is 6.92 Å². The summed E-state index contributed by atoms with van der Waals surface area (Å²) in [6.45, 7) is 5.81. The predicted molar refractivity (Wildman–Crippen MR) is 158 cm³/mol. The lowest BCUT2D eigenvalue weighted by Gasteiger charge is -2.29. The van der Waals surface area contributed by atoms with Gasteiger partial charge in [-0.2, -0.15) is 0 Å². The van der Waals surface area contributed by atoms with E-state index in [2.05, 4.69) is 15.6 Å². The topological polar surface area (TPSA) is 161 Å². The van der Waals surface area contributed by atoms with Gasteiger partial charge in [0.25, 0.3) is 0 Å². The van der Waals surface area contributed by atoms with Crippen molar-refractivity contribution in [1.29, 1.82) is 0 Å². The summed E-state index contributed by atoms with van der Waals surface area (Å²) >= 11 is 0. The molecule has 1 aliphatic heterocycles. The van der Waals surface area contributed by atoms with E-state index in [1.807, 2.05) is 36.4 Å².